The lowest BCUT2D eigenvalue weighted by molar-refractivity contribution is -0.132. The number of ether oxygens (including phenoxy) is 1. The third-order valence-electron chi connectivity index (χ3n) is 6.09. The summed E-state index contributed by atoms with van der Waals surface area (Å²) < 4.78 is 31.3. The van der Waals surface area contributed by atoms with Crippen LogP contribution in [-0.2, 0) is 14.6 Å². The zero-order valence-corrected chi connectivity index (χ0v) is 18.9. The Morgan fingerprint density at radius 1 is 0.844 bits per heavy atom. The molecule has 0 saturated carbocycles. The van der Waals surface area contributed by atoms with Gasteiger partial charge in [-0.2, -0.15) is 0 Å². The van der Waals surface area contributed by atoms with Crippen molar-refractivity contribution in [2.75, 3.05) is 20.2 Å². The topological polar surface area (TPSA) is 63.7 Å². The number of sulfone groups is 1. The summed E-state index contributed by atoms with van der Waals surface area (Å²) in [7, 11) is -1.90. The van der Waals surface area contributed by atoms with Gasteiger partial charge < -0.3 is 9.64 Å². The summed E-state index contributed by atoms with van der Waals surface area (Å²) in [5, 5.41) is -0.494. The highest BCUT2D eigenvalue weighted by molar-refractivity contribution is 7.92. The maximum absolute atomic E-state index is 13.6. The SMILES string of the molecule is COc1ccc(S(=O)(=O)C2CCN(C(=O)C(c3ccccc3)c3ccccc3)CC2)cc1. The van der Waals surface area contributed by atoms with Gasteiger partial charge in [0.05, 0.1) is 23.2 Å². The van der Waals surface area contributed by atoms with E-state index in [1.54, 1.807) is 31.4 Å². The van der Waals surface area contributed by atoms with Crippen LogP contribution in [0.4, 0.5) is 0 Å². The van der Waals surface area contributed by atoms with Gasteiger partial charge in [0, 0.05) is 13.1 Å². The summed E-state index contributed by atoms with van der Waals surface area (Å²) in [6.45, 7) is 0.851. The average Bonchev–Trinajstić information content (AvgIpc) is 2.85. The summed E-state index contributed by atoms with van der Waals surface area (Å²) in [6.07, 6.45) is 0.854. The molecule has 1 fully saturated rings. The molecule has 0 radical (unpaired) electrons. The van der Waals surface area contributed by atoms with Gasteiger partial charge in [0.15, 0.2) is 9.84 Å². The number of amides is 1. The highest BCUT2D eigenvalue weighted by Gasteiger charge is 2.35. The molecule has 32 heavy (non-hydrogen) atoms. The third-order valence-corrected chi connectivity index (χ3v) is 8.37. The predicted molar refractivity (Wildman–Crippen MR) is 125 cm³/mol. The Labute approximate surface area is 189 Å². The molecule has 3 aromatic carbocycles. The molecule has 1 amide bonds. The van der Waals surface area contributed by atoms with Crippen molar-refractivity contribution in [2.24, 2.45) is 0 Å². The second kappa shape index (κ2) is 9.57. The molecule has 5 nitrogen and oxygen atoms in total. The Bertz CT molecular complexity index is 1100. The first-order valence-electron chi connectivity index (χ1n) is 10.8. The van der Waals surface area contributed by atoms with Crippen LogP contribution in [-0.4, -0.2) is 44.7 Å². The molecular formula is C26H27NO4S. The molecule has 166 valence electrons. The minimum absolute atomic E-state index is 0.0164. The number of rotatable bonds is 6. The Hall–Kier alpha value is -3.12. The van der Waals surface area contributed by atoms with Crippen molar-refractivity contribution >= 4 is 15.7 Å². The lowest BCUT2D eigenvalue weighted by Crippen LogP contribution is -2.44. The number of carbonyl (C=O) groups is 1. The molecule has 0 aliphatic carbocycles. The molecule has 1 saturated heterocycles. The molecule has 6 heteroatoms. The van der Waals surface area contributed by atoms with E-state index >= 15 is 0 Å². The monoisotopic (exact) mass is 449 g/mol. The normalized spacial score (nSPS) is 15.0. The zero-order valence-electron chi connectivity index (χ0n) is 18.1. The van der Waals surface area contributed by atoms with Crippen LogP contribution in [0.15, 0.2) is 89.8 Å². The molecule has 4 rings (SSSR count). The number of benzene rings is 3. The summed E-state index contributed by atoms with van der Waals surface area (Å²) >= 11 is 0. The van der Waals surface area contributed by atoms with E-state index in [0.29, 0.717) is 36.6 Å². The van der Waals surface area contributed by atoms with Crippen LogP contribution in [0.1, 0.15) is 29.9 Å². The fourth-order valence-corrected chi connectivity index (χ4v) is 6.03. The van der Waals surface area contributed by atoms with Gasteiger partial charge in [-0.05, 0) is 48.2 Å². The summed E-state index contributed by atoms with van der Waals surface area (Å²) in [4.78, 5) is 15.7. The van der Waals surface area contributed by atoms with Gasteiger partial charge in [0.25, 0.3) is 0 Å². The first-order valence-corrected chi connectivity index (χ1v) is 12.3. The van der Waals surface area contributed by atoms with Crippen molar-refractivity contribution in [3.63, 3.8) is 0 Å². The van der Waals surface area contributed by atoms with Crippen LogP contribution in [0.25, 0.3) is 0 Å². The van der Waals surface area contributed by atoms with E-state index in [0.717, 1.165) is 11.1 Å². The smallest absolute Gasteiger partial charge is 0.234 e. The minimum atomic E-state index is -3.45. The van der Waals surface area contributed by atoms with Crippen molar-refractivity contribution in [3.05, 3.63) is 96.1 Å². The molecule has 0 N–H and O–H groups in total. The van der Waals surface area contributed by atoms with Gasteiger partial charge >= 0.3 is 0 Å². The lowest BCUT2D eigenvalue weighted by atomic mass is 9.89. The second-order valence-electron chi connectivity index (χ2n) is 8.00. The van der Waals surface area contributed by atoms with E-state index in [1.165, 1.54) is 0 Å². The van der Waals surface area contributed by atoms with Crippen molar-refractivity contribution in [1.82, 2.24) is 4.90 Å². The van der Waals surface area contributed by atoms with Crippen molar-refractivity contribution in [3.8, 4) is 5.75 Å². The average molecular weight is 450 g/mol. The van der Waals surface area contributed by atoms with Gasteiger partial charge in [0.1, 0.15) is 5.75 Å². The Morgan fingerprint density at radius 2 is 1.34 bits per heavy atom. The molecule has 0 unspecified atom stereocenters. The van der Waals surface area contributed by atoms with Crippen molar-refractivity contribution in [2.45, 2.75) is 28.9 Å². The number of nitrogens with zero attached hydrogens (tertiary/aromatic N) is 1. The van der Waals surface area contributed by atoms with Crippen molar-refractivity contribution in [1.29, 1.82) is 0 Å². The minimum Gasteiger partial charge on any atom is -0.497 e. The highest BCUT2D eigenvalue weighted by atomic mass is 32.2. The maximum Gasteiger partial charge on any atom is 0.234 e. The number of carbonyl (C=O) groups excluding carboxylic acids is 1. The Kier molecular flexibility index (Phi) is 6.61. The van der Waals surface area contributed by atoms with Gasteiger partial charge in [0.2, 0.25) is 5.91 Å². The number of piperidine rings is 1. The van der Waals surface area contributed by atoms with Crippen molar-refractivity contribution < 1.29 is 17.9 Å². The van der Waals surface area contributed by atoms with Gasteiger partial charge in [-0.3, -0.25) is 4.79 Å². The molecule has 1 heterocycles. The number of hydrogen-bond donors (Lipinski definition) is 0. The van der Waals surface area contributed by atoms with Gasteiger partial charge in [-0.25, -0.2) is 8.42 Å². The van der Waals surface area contributed by atoms with E-state index in [-0.39, 0.29) is 5.91 Å². The van der Waals surface area contributed by atoms with E-state index in [2.05, 4.69) is 0 Å². The molecule has 0 aromatic heterocycles. The second-order valence-corrected chi connectivity index (χ2v) is 10.2. The Balaban J connectivity index is 1.50. The molecule has 1 aliphatic heterocycles. The van der Waals surface area contributed by atoms with E-state index in [4.69, 9.17) is 4.74 Å². The lowest BCUT2D eigenvalue weighted by Gasteiger charge is -2.34. The molecule has 0 spiro atoms. The number of likely N-dealkylation sites (tertiary alicyclic amines) is 1. The van der Waals surface area contributed by atoms with Crippen LogP contribution in [0.3, 0.4) is 0 Å². The van der Waals surface area contributed by atoms with Gasteiger partial charge in [-0.1, -0.05) is 60.7 Å². The Morgan fingerprint density at radius 3 is 1.81 bits per heavy atom. The van der Waals surface area contributed by atoms with Crippen LogP contribution in [0.5, 0.6) is 5.75 Å². The molecule has 0 bridgehead atoms. The summed E-state index contributed by atoms with van der Waals surface area (Å²) in [6, 6.07) is 26.0. The van der Waals surface area contributed by atoms with E-state index in [9.17, 15) is 13.2 Å². The first kappa shape index (κ1) is 22.1. The van der Waals surface area contributed by atoms with Crippen LogP contribution < -0.4 is 4.74 Å². The predicted octanol–water partition coefficient (Wildman–Crippen LogP) is 4.29. The van der Waals surface area contributed by atoms with Gasteiger partial charge in [-0.15, -0.1) is 0 Å². The molecular weight excluding hydrogens is 422 g/mol. The third kappa shape index (κ3) is 4.55. The van der Waals surface area contributed by atoms with E-state index in [1.807, 2.05) is 65.6 Å². The van der Waals surface area contributed by atoms with Crippen LogP contribution in [0.2, 0.25) is 0 Å². The van der Waals surface area contributed by atoms with Crippen LogP contribution in [0, 0.1) is 0 Å². The first-order chi connectivity index (χ1) is 15.5. The maximum atomic E-state index is 13.6. The molecule has 1 aliphatic rings. The largest absolute Gasteiger partial charge is 0.497 e. The van der Waals surface area contributed by atoms with E-state index < -0.39 is 21.0 Å². The standard InChI is InChI=1S/C26H27NO4S/c1-31-22-12-14-23(15-13-22)32(29,30)24-16-18-27(19-17-24)26(28)25(20-8-4-2-5-9-20)21-10-6-3-7-11-21/h2-15,24-25H,16-19H2,1H3. The summed E-state index contributed by atoms with van der Waals surface area (Å²) in [5.41, 5.74) is 1.88. The fourth-order valence-electron chi connectivity index (χ4n) is 4.30. The van der Waals surface area contributed by atoms with Crippen LogP contribution >= 0.6 is 0 Å². The number of hydrogen-bond acceptors (Lipinski definition) is 4. The quantitative estimate of drug-likeness (QED) is 0.563. The fraction of sp³-hybridized carbons (Fsp3) is 0.269. The molecule has 3 aromatic rings. The summed E-state index contributed by atoms with van der Waals surface area (Å²) in [5.74, 6) is 0.243. The zero-order chi connectivity index (χ0) is 22.6. The molecule has 0 atom stereocenters. The number of methoxy groups -OCH3 is 1. The highest BCUT2D eigenvalue weighted by Crippen LogP contribution is 2.30.